The van der Waals surface area contributed by atoms with Gasteiger partial charge in [0, 0.05) is 12.3 Å². The van der Waals surface area contributed by atoms with Crippen molar-refractivity contribution in [2.24, 2.45) is 17.3 Å². The van der Waals surface area contributed by atoms with Gasteiger partial charge >= 0.3 is 5.97 Å². The summed E-state index contributed by atoms with van der Waals surface area (Å²) in [5.41, 5.74) is -0.388. The number of ketones is 1. The Morgan fingerprint density at radius 1 is 1.21 bits per heavy atom. The van der Waals surface area contributed by atoms with Crippen LogP contribution >= 0.6 is 0 Å². The van der Waals surface area contributed by atoms with E-state index in [1.807, 2.05) is 20.8 Å². The SMILES string of the molecule is COc1ccc(C(=O)O[C@H]2C=C(C)C(=O)C[C@@]3(C)CC[C@@](O)(C(C)C)[C@H]23)cc1. The number of aliphatic hydroxyl groups is 1. The van der Waals surface area contributed by atoms with Crippen LogP contribution in [-0.2, 0) is 9.53 Å². The first-order chi connectivity index (χ1) is 13.1. The fourth-order valence-corrected chi connectivity index (χ4v) is 4.89. The topological polar surface area (TPSA) is 72.8 Å². The third-order valence-corrected chi connectivity index (χ3v) is 6.70. The van der Waals surface area contributed by atoms with Crippen LogP contribution in [0.4, 0.5) is 0 Å². The third-order valence-electron chi connectivity index (χ3n) is 6.70. The van der Waals surface area contributed by atoms with Crippen molar-refractivity contribution < 1.29 is 24.2 Å². The van der Waals surface area contributed by atoms with E-state index in [9.17, 15) is 14.7 Å². The van der Waals surface area contributed by atoms with Crippen molar-refractivity contribution in [1.29, 1.82) is 0 Å². The predicted molar refractivity (Wildman–Crippen MR) is 106 cm³/mol. The van der Waals surface area contributed by atoms with Gasteiger partial charge in [-0.15, -0.1) is 0 Å². The maximum absolute atomic E-state index is 12.8. The minimum Gasteiger partial charge on any atom is -0.497 e. The van der Waals surface area contributed by atoms with Gasteiger partial charge in [-0.2, -0.15) is 0 Å². The molecule has 1 aromatic rings. The minimum absolute atomic E-state index is 0.0107. The largest absolute Gasteiger partial charge is 0.497 e. The van der Waals surface area contributed by atoms with E-state index in [0.717, 1.165) is 6.42 Å². The molecule has 1 saturated carbocycles. The maximum atomic E-state index is 12.8. The molecule has 0 amide bonds. The average Bonchev–Trinajstić information content (AvgIpc) is 2.87. The van der Waals surface area contributed by atoms with Crippen LogP contribution in [0, 0.1) is 17.3 Å². The Kier molecular flexibility index (Phi) is 5.41. The maximum Gasteiger partial charge on any atom is 0.338 e. The Hall–Kier alpha value is -2.14. The molecule has 1 aromatic carbocycles. The number of rotatable bonds is 4. The smallest absolute Gasteiger partial charge is 0.338 e. The van der Waals surface area contributed by atoms with E-state index in [2.05, 4.69) is 0 Å². The number of esters is 1. The lowest BCUT2D eigenvalue weighted by Gasteiger charge is -2.42. The lowest BCUT2D eigenvalue weighted by atomic mass is 9.68. The van der Waals surface area contributed by atoms with Gasteiger partial charge in [0.1, 0.15) is 11.9 Å². The summed E-state index contributed by atoms with van der Waals surface area (Å²) in [6.45, 7) is 7.76. The summed E-state index contributed by atoms with van der Waals surface area (Å²) in [5.74, 6) is -0.0909. The molecule has 3 rings (SSSR count). The number of methoxy groups -OCH3 is 1. The van der Waals surface area contributed by atoms with Gasteiger partial charge in [0.05, 0.1) is 18.3 Å². The molecule has 0 saturated heterocycles. The van der Waals surface area contributed by atoms with Crippen molar-refractivity contribution in [3.63, 3.8) is 0 Å². The monoisotopic (exact) mass is 386 g/mol. The highest BCUT2D eigenvalue weighted by molar-refractivity contribution is 5.96. The summed E-state index contributed by atoms with van der Waals surface area (Å²) < 4.78 is 11.0. The Morgan fingerprint density at radius 3 is 2.43 bits per heavy atom. The molecule has 5 nitrogen and oxygen atoms in total. The first kappa shape index (κ1) is 20.6. The van der Waals surface area contributed by atoms with Crippen molar-refractivity contribution in [2.45, 2.75) is 58.7 Å². The molecule has 0 aromatic heterocycles. The van der Waals surface area contributed by atoms with Crippen LogP contribution in [0.3, 0.4) is 0 Å². The summed E-state index contributed by atoms with van der Waals surface area (Å²) in [7, 11) is 1.57. The van der Waals surface area contributed by atoms with Gasteiger partial charge in [0.15, 0.2) is 5.78 Å². The molecule has 0 aliphatic heterocycles. The third kappa shape index (κ3) is 3.48. The number of hydrogen-bond donors (Lipinski definition) is 1. The molecule has 1 fully saturated rings. The van der Waals surface area contributed by atoms with Crippen molar-refractivity contribution in [1.82, 2.24) is 0 Å². The number of fused-ring (bicyclic) bond motifs is 1. The molecular weight excluding hydrogens is 356 g/mol. The van der Waals surface area contributed by atoms with Crippen LogP contribution < -0.4 is 4.74 Å². The van der Waals surface area contributed by atoms with Gasteiger partial charge < -0.3 is 14.6 Å². The summed E-state index contributed by atoms with van der Waals surface area (Å²) in [4.78, 5) is 25.4. The van der Waals surface area contributed by atoms with Gasteiger partial charge in [0.2, 0.25) is 0 Å². The summed E-state index contributed by atoms with van der Waals surface area (Å²) >= 11 is 0. The molecule has 4 atom stereocenters. The van der Waals surface area contributed by atoms with Crippen LogP contribution in [0.5, 0.6) is 5.75 Å². The van der Waals surface area contributed by atoms with Crippen molar-refractivity contribution in [3.05, 3.63) is 41.5 Å². The van der Waals surface area contributed by atoms with Gasteiger partial charge in [-0.3, -0.25) is 4.79 Å². The van der Waals surface area contributed by atoms with E-state index < -0.39 is 23.1 Å². The number of hydrogen-bond acceptors (Lipinski definition) is 5. The first-order valence-electron chi connectivity index (χ1n) is 9.90. The zero-order valence-electron chi connectivity index (χ0n) is 17.3. The molecule has 2 aliphatic rings. The van der Waals surface area contributed by atoms with Crippen LogP contribution in [0.1, 0.15) is 57.3 Å². The normalized spacial score (nSPS) is 32.5. The highest BCUT2D eigenvalue weighted by Crippen LogP contribution is 2.57. The van der Waals surface area contributed by atoms with Crippen molar-refractivity contribution in [2.75, 3.05) is 7.11 Å². The molecule has 1 N–H and O–H groups in total. The molecule has 28 heavy (non-hydrogen) atoms. The molecule has 0 spiro atoms. The molecule has 2 aliphatic carbocycles. The van der Waals surface area contributed by atoms with E-state index in [0.29, 0.717) is 29.7 Å². The number of carbonyl (C=O) groups is 2. The second-order valence-corrected chi connectivity index (χ2v) is 8.83. The van der Waals surface area contributed by atoms with Gasteiger partial charge in [-0.1, -0.05) is 20.8 Å². The Morgan fingerprint density at radius 2 is 1.86 bits per heavy atom. The highest BCUT2D eigenvalue weighted by atomic mass is 16.5. The van der Waals surface area contributed by atoms with Gasteiger partial charge in [-0.05, 0) is 67.0 Å². The Labute approximate surface area is 166 Å². The van der Waals surface area contributed by atoms with E-state index in [-0.39, 0.29) is 17.6 Å². The van der Waals surface area contributed by atoms with E-state index in [1.165, 1.54) is 0 Å². The number of ether oxygens (including phenoxy) is 2. The number of allylic oxidation sites excluding steroid dienone is 1. The van der Waals surface area contributed by atoms with Crippen LogP contribution in [0.25, 0.3) is 0 Å². The molecule has 0 heterocycles. The fraction of sp³-hybridized carbons (Fsp3) is 0.565. The number of benzene rings is 1. The Balaban J connectivity index is 1.97. The lowest BCUT2D eigenvalue weighted by molar-refractivity contribution is -0.122. The molecule has 0 bridgehead atoms. The molecule has 0 radical (unpaired) electrons. The van der Waals surface area contributed by atoms with Crippen LogP contribution in [-0.4, -0.2) is 35.7 Å². The zero-order valence-corrected chi connectivity index (χ0v) is 17.3. The highest BCUT2D eigenvalue weighted by Gasteiger charge is 2.60. The second-order valence-electron chi connectivity index (χ2n) is 8.83. The van der Waals surface area contributed by atoms with Gasteiger partial charge in [-0.25, -0.2) is 4.79 Å². The summed E-state index contributed by atoms with van der Waals surface area (Å²) in [6, 6.07) is 6.72. The quantitative estimate of drug-likeness (QED) is 0.794. The zero-order chi connectivity index (χ0) is 20.7. The van der Waals surface area contributed by atoms with E-state index >= 15 is 0 Å². The van der Waals surface area contributed by atoms with E-state index in [4.69, 9.17) is 9.47 Å². The second kappa shape index (κ2) is 7.36. The fourth-order valence-electron chi connectivity index (χ4n) is 4.89. The van der Waals surface area contributed by atoms with Crippen molar-refractivity contribution >= 4 is 11.8 Å². The first-order valence-corrected chi connectivity index (χ1v) is 9.90. The molecule has 152 valence electrons. The summed E-state index contributed by atoms with van der Waals surface area (Å²) in [6.07, 6.45) is 2.78. The minimum atomic E-state index is -0.985. The number of carbonyl (C=O) groups excluding carboxylic acids is 2. The average molecular weight is 386 g/mol. The van der Waals surface area contributed by atoms with Crippen LogP contribution in [0.2, 0.25) is 0 Å². The lowest BCUT2D eigenvalue weighted by Crippen LogP contribution is -2.50. The van der Waals surface area contributed by atoms with Crippen LogP contribution in [0.15, 0.2) is 35.9 Å². The molecular formula is C23H30O5. The van der Waals surface area contributed by atoms with E-state index in [1.54, 1.807) is 44.4 Å². The molecule has 0 unspecified atom stereocenters. The predicted octanol–water partition coefficient (Wildman–Crippen LogP) is 3.94. The summed E-state index contributed by atoms with van der Waals surface area (Å²) in [5, 5.41) is 11.5. The number of Topliss-reactive ketones (excluding diaryl/α,β-unsaturated/α-hetero) is 1. The molecule has 5 heteroatoms. The van der Waals surface area contributed by atoms with Crippen molar-refractivity contribution in [3.8, 4) is 5.75 Å². The Bertz CT molecular complexity index is 794. The van der Waals surface area contributed by atoms with Gasteiger partial charge in [0.25, 0.3) is 0 Å². The standard InChI is InChI=1S/C23H30O5/c1-14(2)23(26)11-10-22(4)13-18(24)15(3)12-19(20(22)23)28-21(25)16-6-8-17(27-5)9-7-16/h6-9,12,14,19-20,26H,10-11,13H2,1-5H3/t19-,20+,22+,23+/m0/s1.